The van der Waals surface area contributed by atoms with Crippen molar-refractivity contribution in [3.05, 3.63) is 23.8 Å². The van der Waals surface area contributed by atoms with Gasteiger partial charge in [-0.15, -0.1) is 5.10 Å². The number of guanidine groups is 1. The normalized spacial score (nSPS) is 11.9. The van der Waals surface area contributed by atoms with E-state index in [9.17, 15) is 4.79 Å². The van der Waals surface area contributed by atoms with Crippen LogP contribution in [0, 0.1) is 0 Å². The van der Waals surface area contributed by atoms with Crippen molar-refractivity contribution < 1.29 is 19.4 Å². The average molecular weight is 280 g/mol. The van der Waals surface area contributed by atoms with E-state index < -0.39 is 12.1 Å². The highest BCUT2D eigenvalue weighted by atomic mass is 16.5. The predicted molar refractivity (Wildman–Crippen MR) is 74.1 cm³/mol. The van der Waals surface area contributed by atoms with Crippen LogP contribution in [0.5, 0.6) is 11.5 Å². The minimum atomic E-state index is -1.09. The van der Waals surface area contributed by atoms with Gasteiger partial charge < -0.3 is 26.0 Å². The number of rotatable bonds is 6. The van der Waals surface area contributed by atoms with Gasteiger partial charge in [-0.3, -0.25) is 0 Å². The molecule has 0 heterocycles. The quantitative estimate of drug-likeness (QED) is 0.386. The highest BCUT2D eigenvalue weighted by Gasteiger charge is 2.17. The number of ether oxygens (including phenoxy) is 2. The van der Waals surface area contributed by atoms with Crippen LogP contribution in [0.1, 0.15) is 12.5 Å². The SMILES string of the molecule is COc1cccc(C=NN=C(N)N)c1OC(C)C(=O)O. The summed E-state index contributed by atoms with van der Waals surface area (Å²) >= 11 is 0. The number of benzene rings is 1. The fraction of sp³-hybridized carbons (Fsp3) is 0.250. The van der Waals surface area contributed by atoms with Crippen LogP contribution in [0.4, 0.5) is 0 Å². The molecule has 0 radical (unpaired) electrons. The van der Waals surface area contributed by atoms with E-state index in [1.54, 1.807) is 18.2 Å². The molecule has 0 bridgehead atoms. The third kappa shape index (κ3) is 4.16. The van der Waals surface area contributed by atoms with Crippen molar-refractivity contribution in [1.82, 2.24) is 0 Å². The van der Waals surface area contributed by atoms with Crippen molar-refractivity contribution >= 4 is 18.1 Å². The van der Waals surface area contributed by atoms with Gasteiger partial charge in [0.15, 0.2) is 17.6 Å². The van der Waals surface area contributed by atoms with Crippen LogP contribution in [0.3, 0.4) is 0 Å². The summed E-state index contributed by atoms with van der Waals surface area (Å²) in [4.78, 5) is 10.9. The third-order valence-corrected chi connectivity index (χ3v) is 2.24. The topological polar surface area (TPSA) is 133 Å². The summed E-state index contributed by atoms with van der Waals surface area (Å²) in [5.41, 5.74) is 10.8. The first-order valence-corrected chi connectivity index (χ1v) is 5.64. The third-order valence-electron chi connectivity index (χ3n) is 2.24. The number of carboxylic acid groups (broad SMARTS) is 1. The Morgan fingerprint density at radius 3 is 2.70 bits per heavy atom. The van der Waals surface area contributed by atoms with Gasteiger partial charge in [0.1, 0.15) is 0 Å². The van der Waals surface area contributed by atoms with Gasteiger partial charge in [0.2, 0.25) is 5.96 Å². The maximum absolute atomic E-state index is 10.9. The summed E-state index contributed by atoms with van der Waals surface area (Å²) in [5, 5.41) is 16.0. The number of nitrogens with two attached hydrogens (primary N) is 2. The van der Waals surface area contributed by atoms with Gasteiger partial charge in [0.05, 0.1) is 13.3 Å². The Morgan fingerprint density at radius 2 is 2.15 bits per heavy atom. The number of hydrogen-bond acceptors (Lipinski definition) is 5. The summed E-state index contributed by atoms with van der Waals surface area (Å²) in [6.45, 7) is 1.41. The molecule has 0 aliphatic carbocycles. The maximum atomic E-state index is 10.9. The average Bonchev–Trinajstić information content (AvgIpc) is 2.39. The maximum Gasteiger partial charge on any atom is 0.344 e. The minimum Gasteiger partial charge on any atom is -0.493 e. The number of carbonyl (C=O) groups is 1. The Labute approximate surface area is 115 Å². The lowest BCUT2D eigenvalue weighted by molar-refractivity contribution is -0.144. The molecule has 0 amide bonds. The van der Waals surface area contributed by atoms with E-state index in [2.05, 4.69) is 10.2 Å². The van der Waals surface area contributed by atoms with Crippen molar-refractivity contribution in [3.63, 3.8) is 0 Å². The molecule has 1 rings (SSSR count). The molecule has 0 saturated carbocycles. The van der Waals surface area contributed by atoms with Crippen LogP contribution in [0.15, 0.2) is 28.4 Å². The zero-order chi connectivity index (χ0) is 15.1. The molecule has 0 fully saturated rings. The number of carboxylic acids is 1. The smallest absolute Gasteiger partial charge is 0.344 e. The number of aliphatic carboxylic acids is 1. The molecule has 0 spiro atoms. The van der Waals surface area contributed by atoms with Gasteiger partial charge in [-0.2, -0.15) is 5.10 Å². The van der Waals surface area contributed by atoms with Crippen LogP contribution >= 0.6 is 0 Å². The molecular weight excluding hydrogens is 264 g/mol. The molecule has 0 saturated heterocycles. The van der Waals surface area contributed by atoms with E-state index in [0.29, 0.717) is 11.3 Å². The first-order valence-electron chi connectivity index (χ1n) is 5.64. The Bertz CT molecular complexity index is 538. The highest BCUT2D eigenvalue weighted by molar-refractivity contribution is 5.86. The molecule has 8 heteroatoms. The van der Waals surface area contributed by atoms with Crippen molar-refractivity contribution in [3.8, 4) is 11.5 Å². The van der Waals surface area contributed by atoms with Gasteiger partial charge in [-0.05, 0) is 19.1 Å². The number of para-hydroxylation sites is 1. The molecule has 5 N–H and O–H groups in total. The second-order valence-electron chi connectivity index (χ2n) is 3.75. The van der Waals surface area contributed by atoms with Crippen LogP contribution in [0.25, 0.3) is 0 Å². The Balaban J connectivity index is 3.13. The molecule has 1 aromatic rings. The van der Waals surface area contributed by atoms with E-state index >= 15 is 0 Å². The molecule has 0 aromatic heterocycles. The lowest BCUT2D eigenvalue weighted by Gasteiger charge is -2.15. The first-order chi connectivity index (χ1) is 9.45. The van der Waals surface area contributed by atoms with E-state index in [0.717, 1.165) is 0 Å². The monoisotopic (exact) mass is 280 g/mol. The number of nitrogens with zero attached hydrogens (tertiary/aromatic N) is 2. The summed E-state index contributed by atoms with van der Waals surface area (Å²) in [5.74, 6) is -0.653. The molecule has 108 valence electrons. The Morgan fingerprint density at radius 1 is 1.45 bits per heavy atom. The zero-order valence-electron chi connectivity index (χ0n) is 11.1. The lowest BCUT2D eigenvalue weighted by Crippen LogP contribution is -2.23. The summed E-state index contributed by atoms with van der Waals surface area (Å²) < 4.78 is 10.5. The largest absolute Gasteiger partial charge is 0.493 e. The second-order valence-corrected chi connectivity index (χ2v) is 3.75. The number of methoxy groups -OCH3 is 1. The molecule has 20 heavy (non-hydrogen) atoms. The van der Waals surface area contributed by atoms with Gasteiger partial charge >= 0.3 is 5.97 Å². The Kier molecular flexibility index (Phi) is 5.33. The molecule has 1 atom stereocenters. The number of hydrogen-bond donors (Lipinski definition) is 3. The summed E-state index contributed by atoms with van der Waals surface area (Å²) in [6.07, 6.45) is 0.299. The molecule has 0 aliphatic heterocycles. The van der Waals surface area contributed by atoms with Gasteiger partial charge in [0, 0.05) is 5.56 Å². The predicted octanol–water partition coefficient (Wildman–Crippen LogP) is 0.154. The standard InChI is InChI=1S/C12H16N4O4/c1-7(11(17)18)20-10-8(6-15-16-12(13)14)4-3-5-9(10)19-2/h3-7H,1-2H3,(H,17,18)(H4,13,14,16). The van der Waals surface area contributed by atoms with Crippen molar-refractivity contribution in [2.45, 2.75) is 13.0 Å². The summed E-state index contributed by atoms with van der Waals surface area (Å²) in [7, 11) is 1.45. The van der Waals surface area contributed by atoms with Gasteiger partial charge in [-0.1, -0.05) is 6.07 Å². The molecule has 1 aromatic carbocycles. The van der Waals surface area contributed by atoms with E-state index in [1.165, 1.54) is 20.2 Å². The van der Waals surface area contributed by atoms with Crippen LogP contribution < -0.4 is 20.9 Å². The van der Waals surface area contributed by atoms with Crippen molar-refractivity contribution in [2.75, 3.05) is 7.11 Å². The first kappa shape index (κ1) is 15.3. The van der Waals surface area contributed by atoms with Crippen molar-refractivity contribution in [1.29, 1.82) is 0 Å². The molecular formula is C12H16N4O4. The molecule has 1 unspecified atom stereocenters. The van der Waals surface area contributed by atoms with E-state index in [1.807, 2.05) is 0 Å². The second kappa shape index (κ2) is 6.98. The Hall–Kier alpha value is -2.77. The fourth-order valence-corrected chi connectivity index (χ4v) is 1.31. The fourth-order valence-electron chi connectivity index (χ4n) is 1.31. The molecule has 8 nitrogen and oxygen atoms in total. The van der Waals surface area contributed by atoms with Gasteiger partial charge in [-0.25, -0.2) is 4.79 Å². The van der Waals surface area contributed by atoms with E-state index in [4.69, 9.17) is 26.0 Å². The van der Waals surface area contributed by atoms with Crippen LogP contribution in [-0.4, -0.2) is 36.5 Å². The lowest BCUT2D eigenvalue weighted by atomic mass is 10.2. The highest BCUT2D eigenvalue weighted by Crippen LogP contribution is 2.31. The van der Waals surface area contributed by atoms with Gasteiger partial charge in [0.25, 0.3) is 0 Å². The van der Waals surface area contributed by atoms with Crippen LogP contribution in [-0.2, 0) is 4.79 Å². The summed E-state index contributed by atoms with van der Waals surface area (Å²) in [6, 6.07) is 5.01. The molecule has 0 aliphatic rings. The minimum absolute atomic E-state index is 0.189. The van der Waals surface area contributed by atoms with Crippen molar-refractivity contribution in [2.24, 2.45) is 21.7 Å². The van der Waals surface area contributed by atoms with Crippen LogP contribution in [0.2, 0.25) is 0 Å². The van der Waals surface area contributed by atoms with E-state index in [-0.39, 0.29) is 11.7 Å². The zero-order valence-corrected chi connectivity index (χ0v) is 11.1.